The zero-order valence-corrected chi connectivity index (χ0v) is 17.9. The largest absolute Gasteiger partial charge is 0.492 e. The number of carbonyl (C=O) groups is 2. The number of nitrogens with zero attached hydrogens (tertiary/aromatic N) is 1. The second kappa shape index (κ2) is 10.6. The second-order valence-electron chi connectivity index (χ2n) is 6.14. The molecule has 0 bridgehead atoms. The smallest absolute Gasteiger partial charge is 0.255 e. The first kappa shape index (κ1) is 22.3. The van der Waals surface area contributed by atoms with Crippen LogP contribution in [0.4, 0.5) is 5.69 Å². The van der Waals surface area contributed by atoms with Gasteiger partial charge in [-0.2, -0.15) is 0 Å². The van der Waals surface area contributed by atoms with Gasteiger partial charge in [0.15, 0.2) is 0 Å². The maximum Gasteiger partial charge on any atom is 0.255 e. The van der Waals surface area contributed by atoms with E-state index in [9.17, 15) is 9.59 Å². The van der Waals surface area contributed by atoms with Gasteiger partial charge in [-0.3, -0.25) is 9.59 Å². The fourth-order valence-corrected chi connectivity index (χ4v) is 3.18. The molecule has 8 heteroatoms. The zero-order valence-electron chi connectivity index (χ0n) is 15.6. The van der Waals surface area contributed by atoms with Crippen molar-refractivity contribution in [1.82, 2.24) is 4.90 Å². The van der Waals surface area contributed by atoms with E-state index in [1.165, 1.54) is 17.0 Å². The summed E-state index contributed by atoms with van der Waals surface area (Å²) in [5, 5.41) is 3.80. The van der Waals surface area contributed by atoms with E-state index in [1.807, 2.05) is 6.92 Å². The molecule has 0 fully saturated rings. The average molecular weight is 444 g/mol. The second-order valence-corrected chi connectivity index (χ2v) is 7.42. The van der Waals surface area contributed by atoms with Crippen molar-refractivity contribution in [3.05, 3.63) is 57.0 Å². The molecule has 2 aromatic carbocycles. The van der Waals surface area contributed by atoms with E-state index in [2.05, 4.69) is 5.32 Å². The molecule has 150 valence electrons. The minimum absolute atomic E-state index is 0.212. The van der Waals surface area contributed by atoms with Crippen LogP contribution in [0.15, 0.2) is 36.4 Å². The van der Waals surface area contributed by atoms with E-state index in [0.29, 0.717) is 35.2 Å². The fraction of sp³-hybridized carbons (Fsp3) is 0.300. The topological polar surface area (TPSA) is 58.6 Å². The monoisotopic (exact) mass is 442 g/mol. The number of halogens is 3. The Morgan fingerprint density at radius 2 is 1.86 bits per heavy atom. The highest BCUT2D eigenvalue weighted by atomic mass is 35.5. The van der Waals surface area contributed by atoms with Crippen molar-refractivity contribution >= 4 is 52.3 Å². The highest BCUT2D eigenvalue weighted by Gasteiger charge is 2.20. The molecule has 0 aliphatic rings. The summed E-state index contributed by atoms with van der Waals surface area (Å²) in [7, 11) is 1.64. The van der Waals surface area contributed by atoms with Crippen LogP contribution in [0, 0.1) is 0 Å². The van der Waals surface area contributed by atoms with Gasteiger partial charge in [0.25, 0.3) is 5.91 Å². The summed E-state index contributed by atoms with van der Waals surface area (Å²) in [6.07, 6.45) is 1.01. The summed E-state index contributed by atoms with van der Waals surface area (Å²) < 4.78 is 5.62. The highest BCUT2D eigenvalue weighted by molar-refractivity contribution is 6.38. The fourth-order valence-electron chi connectivity index (χ4n) is 2.46. The van der Waals surface area contributed by atoms with Gasteiger partial charge in [-0.1, -0.05) is 47.8 Å². The van der Waals surface area contributed by atoms with Gasteiger partial charge in [0.2, 0.25) is 5.91 Å². The SMILES string of the molecule is CCCC(=O)Nc1c(Cl)cc(Cl)cc1C(=O)N(C)CCOc1cccc(Cl)c1. The Balaban J connectivity index is 2.09. The Hall–Kier alpha value is -1.95. The van der Waals surface area contributed by atoms with Gasteiger partial charge in [-0.15, -0.1) is 0 Å². The molecule has 2 amide bonds. The van der Waals surface area contributed by atoms with Crippen LogP contribution >= 0.6 is 34.8 Å². The number of benzene rings is 2. The molecule has 5 nitrogen and oxygen atoms in total. The van der Waals surface area contributed by atoms with E-state index >= 15 is 0 Å². The molecule has 28 heavy (non-hydrogen) atoms. The number of carbonyl (C=O) groups excluding carboxylic acids is 2. The van der Waals surface area contributed by atoms with Crippen LogP contribution < -0.4 is 10.1 Å². The predicted octanol–water partition coefficient (Wildman–Crippen LogP) is 5.54. The van der Waals surface area contributed by atoms with Crippen LogP contribution in [0.2, 0.25) is 15.1 Å². The predicted molar refractivity (Wildman–Crippen MR) is 114 cm³/mol. The standard InChI is InChI=1S/C20H21Cl3N2O3/c1-3-5-18(26)24-19-16(11-14(22)12-17(19)23)20(27)25(2)8-9-28-15-7-4-6-13(21)10-15/h4,6-7,10-12H,3,5,8-9H2,1-2H3,(H,24,26). The summed E-state index contributed by atoms with van der Waals surface area (Å²) >= 11 is 18.2. The van der Waals surface area contributed by atoms with Crippen LogP contribution in [0.3, 0.4) is 0 Å². The number of amides is 2. The number of hydrogen-bond donors (Lipinski definition) is 1. The Bertz CT molecular complexity index is 859. The third-order valence-corrected chi connectivity index (χ3v) is 4.62. The third-order valence-electron chi connectivity index (χ3n) is 3.87. The molecule has 0 unspecified atom stereocenters. The van der Waals surface area contributed by atoms with Crippen molar-refractivity contribution in [2.75, 3.05) is 25.5 Å². The first-order chi connectivity index (χ1) is 13.3. The molecule has 0 heterocycles. The molecule has 0 aliphatic heterocycles. The maximum atomic E-state index is 12.9. The first-order valence-electron chi connectivity index (χ1n) is 8.74. The number of likely N-dealkylation sites (N-methyl/N-ethyl adjacent to an activating group) is 1. The van der Waals surface area contributed by atoms with E-state index in [0.717, 1.165) is 0 Å². The van der Waals surface area contributed by atoms with Crippen molar-refractivity contribution in [2.24, 2.45) is 0 Å². The lowest BCUT2D eigenvalue weighted by molar-refractivity contribution is -0.116. The van der Waals surface area contributed by atoms with Crippen molar-refractivity contribution in [2.45, 2.75) is 19.8 Å². The lowest BCUT2D eigenvalue weighted by Gasteiger charge is -2.20. The number of rotatable bonds is 8. The number of ether oxygens (including phenoxy) is 1. The van der Waals surface area contributed by atoms with Gasteiger partial charge >= 0.3 is 0 Å². The number of nitrogens with one attached hydrogen (secondary N) is 1. The molecule has 0 atom stereocenters. The van der Waals surface area contributed by atoms with Crippen molar-refractivity contribution in [3.8, 4) is 5.75 Å². The van der Waals surface area contributed by atoms with Gasteiger partial charge in [0.1, 0.15) is 12.4 Å². The first-order valence-corrected chi connectivity index (χ1v) is 9.88. The lowest BCUT2D eigenvalue weighted by atomic mass is 10.1. The summed E-state index contributed by atoms with van der Waals surface area (Å²) in [4.78, 5) is 26.4. The van der Waals surface area contributed by atoms with Gasteiger partial charge in [0, 0.05) is 23.5 Å². The Morgan fingerprint density at radius 3 is 2.54 bits per heavy atom. The van der Waals surface area contributed by atoms with E-state index in [-0.39, 0.29) is 34.7 Å². The van der Waals surface area contributed by atoms with Crippen LogP contribution in [-0.2, 0) is 4.79 Å². The molecule has 2 rings (SSSR count). The Morgan fingerprint density at radius 1 is 1.11 bits per heavy atom. The summed E-state index contributed by atoms with van der Waals surface area (Å²) in [5.74, 6) is 0.0743. The summed E-state index contributed by atoms with van der Waals surface area (Å²) in [6, 6.07) is 10.00. The summed E-state index contributed by atoms with van der Waals surface area (Å²) in [6.45, 7) is 2.48. The maximum absolute atomic E-state index is 12.9. The van der Waals surface area contributed by atoms with E-state index in [4.69, 9.17) is 39.5 Å². The van der Waals surface area contributed by atoms with Crippen molar-refractivity contribution < 1.29 is 14.3 Å². The Kier molecular flexibility index (Phi) is 8.42. The minimum Gasteiger partial charge on any atom is -0.492 e. The number of hydrogen-bond acceptors (Lipinski definition) is 3. The molecule has 0 aromatic heterocycles. The van der Waals surface area contributed by atoms with Crippen LogP contribution in [0.1, 0.15) is 30.1 Å². The van der Waals surface area contributed by atoms with Crippen molar-refractivity contribution in [1.29, 1.82) is 0 Å². The van der Waals surface area contributed by atoms with Crippen LogP contribution in [-0.4, -0.2) is 36.9 Å². The third kappa shape index (κ3) is 6.30. The lowest BCUT2D eigenvalue weighted by Crippen LogP contribution is -2.31. The highest BCUT2D eigenvalue weighted by Crippen LogP contribution is 2.31. The van der Waals surface area contributed by atoms with E-state index < -0.39 is 0 Å². The molecule has 2 aromatic rings. The van der Waals surface area contributed by atoms with Gasteiger partial charge in [0.05, 0.1) is 22.8 Å². The Labute approximate surface area is 179 Å². The zero-order chi connectivity index (χ0) is 20.7. The molecule has 0 radical (unpaired) electrons. The molecule has 0 saturated carbocycles. The van der Waals surface area contributed by atoms with Gasteiger partial charge in [-0.05, 0) is 36.8 Å². The molecule has 0 saturated heterocycles. The van der Waals surface area contributed by atoms with Gasteiger partial charge < -0.3 is 15.0 Å². The van der Waals surface area contributed by atoms with Crippen LogP contribution in [0.25, 0.3) is 0 Å². The quantitative estimate of drug-likeness (QED) is 0.583. The minimum atomic E-state index is -0.328. The van der Waals surface area contributed by atoms with Gasteiger partial charge in [-0.25, -0.2) is 0 Å². The average Bonchev–Trinajstić information content (AvgIpc) is 2.63. The molecule has 1 N–H and O–H groups in total. The summed E-state index contributed by atoms with van der Waals surface area (Å²) in [5.41, 5.74) is 0.490. The normalized spacial score (nSPS) is 10.5. The molecular formula is C20H21Cl3N2O3. The number of anilines is 1. The molecule has 0 aliphatic carbocycles. The molecular weight excluding hydrogens is 423 g/mol. The van der Waals surface area contributed by atoms with Crippen molar-refractivity contribution in [3.63, 3.8) is 0 Å². The van der Waals surface area contributed by atoms with E-state index in [1.54, 1.807) is 31.3 Å². The molecule has 0 spiro atoms. The van der Waals surface area contributed by atoms with Crippen LogP contribution in [0.5, 0.6) is 5.75 Å².